The highest BCUT2D eigenvalue weighted by Gasteiger charge is 2.62. The summed E-state index contributed by atoms with van der Waals surface area (Å²) in [5.74, 6) is -0.731. The van der Waals surface area contributed by atoms with Gasteiger partial charge in [-0.15, -0.1) is 0 Å². The largest absolute Gasteiger partial charge is 0.389 e. The van der Waals surface area contributed by atoms with Crippen molar-refractivity contribution in [2.45, 2.75) is 133 Å². The summed E-state index contributed by atoms with van der Waals surface area (Å²) in [5, 5.41) is 37.2. The number of urea groups is 2. The summed E-state index contributed by atoms with van der Waals surface area (Å²) in [6.45, 7) is 14.9. The number of carbonyl (C=O) groups is 4. The molecule has 0 bridgehead atoms. The third-order valence-corrected chi connectivity index (χ3v) is 11.1. The number of nitrogens with one attached hydrogen (secondary N) is 2. The average Bonchev–Trinajstić information content (AvgIpc) is 3.27. The molecule has 0 radical (unpaired) electrons. The summed E-state index contributed by atoms with van der Waals surface area (Å²) in [7, 11) is 4.02. The van der Waals surface area contributed by atoms with E-state index in [9.17, 15) is 34.5 Å². The molecule has 274 valence electrons. The van der Waals surface area contributed by atoms with Crippen molar-refractivity contribution in [2.24, 2.45) is 0 Å². The summed E-state index contributed by atoms with van der Waals surface area (Å²) in [5.41, 5.74) is -3.49. The number of carbonyl (C=O) groups excluding carboxylic acids is 4. The van der Waals surface area contributed by atoms with Crippen LogP contribution in [-0.2, 0) is 19.1 Å². The fourth-order valence-electron chi connectivity index (χ4n) is 8.61. The van der Waals surface area contributed by atoms with Gasteiger partial charge in [0, 0.05) is 22.2 Å². The number of β-amino-alcohol motifs (C(OH)–C–C–N with tert-alkyl or cyclic N) is 2. The molecule has 4 heterocycles. The van der Waals surface area contributed by atoms with Crippen molar-refractivity contribution < 1.29 is 44.0 Å². The highest BCUT2D eigenvalue weighted by molar-refractivity contribution is 6.08. The predicted octanol–water partition coefficient (Wildman–Crippen LogP) is 0.249. The molecule has 4 fully saturated rings. The van der Waals surface area contributed by atoms with Crippen molar-refractivity contribution in [1.29, 1.82) is 0 Å². The van der Waals surface area contributed by atoms with E-state index in [0.29, 0.717) is 25.7 Å². The second-order valence-electron chi connectivity index (χ2n) is 17.0. The van der Waals surface area contributed by atoms with E-state index in [1.807, 2.05) is 69.5 Å². The third kappa shape index (κ3) is 7.37. The zero-order chi connectivity index (χ0) is 36.3. The quantitative estimate of drug-likeness (QED) is 0.178. The van der Waals surface area contributed by atoms with Crippen molar-refractivity contribution in [1.82, 2.24) is 30.2 Å². The van der Waals surface area contributed by atoms with Crippen LogP contribution in [0.1, 0.15) is 81.1 Å². The number of ether oxygens (including phenoxy) is 2. The zero-order valence-electron chi connectivity index (χ0n) is 30.4. The number of piperidine rings is 2. The maximum atomic E-state index is 13.5. The van der Waals surface area contributed by atoms with Gasteiger partial charge in [0.2, 0.25) is 0 Å². The molecular weight excluding hydrogens is 624 g/mol. The molecule has 2 unspecified atom stereocenters. The Labute approximate surface area is 284 Å². The van der Waals surface area contributed by atoms with Gasteiger partial charge >= 0.3 is 12.1 Å². The molecule has 0 aromatic heterocycles. The van der Waals surface area contributed by atoms with E-state index < -0.39 is 41.5 Å². The minimum Gasteiger partial charge on any atom is -0.389 e. The van der Waals surface area contributed by atoms with E-state index in [4.69, 9.17) is 9.47 Å². The number of hydrogen-bond acceptors (Lipinski definition) is 11. The minimum absolute atomic E-state index is 0.207. The minimum atomic E-state index is -1.18. The number of likely N-dealkylation sites (tertiary alicyclic amines) is 2. The number of hydrogen-bond donors (Lipinski definition) is 5. The van der Waals surface area contributed by atoms with Crippen LogP contribution in [0.3, 0.4) is 0 Å². The van der Waals surface area contributed by atoms with E-state index in [2.05, 4.69) is 20.4 Å². The van der Waals surface area contributed by atoms with Gasteiger partial charge in [-0.2, -0.15) is 0 Å². The highest BCUT2D eigenvalue weighted by Crippen LogP contribution is 2.46. The molecule has 15 nitrogen and oxygen atoms in total. The van der Waals surface area contributed by atoms with Gasteiger partial charge in [0.15, 0.2) is 0 Å². The molecular formula is C33H58N6O9. The van der Waals surface area contributed by atoms with Gasteiger partial charge in [0.25, 0.3) is 11.8 Å². The Morgan fingerprint density at radius 1 is 0.562 bits per heavy atom. The van der Waals surface area contributed by atoms with Crippen molar-refractivity contribution >= 4 is 23.9 Å². The molecule has 5 N–H and O–H groups in total. The third-order valence-electron chi connectivity index (χ3n) is 11.1. The Hall–Kier alpha value is -2.40. The van der Waals surface area contributed by atoms with Gasteiger partial charge in [-0.05, 0) is 95.2 Å². The molecule has 4 saturated heterocycles. The highest BCUT2D eigenvalue weighted by atomic mass is 16.5. The molecule has 15 heteroatoms. The Kier molecular flexibility index (Phi) is 10.4. The van der Waals surface area contributed by atoms with Crippen LogP contribution in [0.4, 0.5) is 9.59 Å². The number of aliphatic hydroxyl groups excluding tert-OH is 3. The molecule has 0 aromatic carbocycles. The molecule has 2 spiro atoms. The first-order valence-electron chi connectivity index (χ1n) is 16.8. The summed E-state index contributed by atoms with van der Waals surface area (Å²) in [6.07, 6.45) is -1.71. The van der Waals surface area contributed by atoms with Crippen LogP contribution in [0.5, 0.6) is 0 Å². The van der Waals surface area contributed by atoms with Crippen molar-refractivity contribution in [3.8, 4) is 0 Å². The second kappa shape index (κ2) is 13.1. The number of nitrogens with zero attached hydrogens (tertiary/aromatic N) is 4. The van der Waals surface area contributed by atoms with Crippen LogP contribution in [0.2, 0.25) is 0 Å². The first-order valence-corrected chi connectivity index (χ1v) is 16.8. The summed E-state index contributed by atoms with van der Waals surface area (Å²) in [4.78, 5) is 59.2. The molecule has 0 saturated carbocycles. The lowest BCUT2D eigenvalue weighted by Crippen LogP contribution is -2.68. The fraction of sp³-hybridized carbons (Fsp3) is 0.879. The fourth-order valence-corrected chi connectivity index (χ4v) is 8.61. The first kappa shape index (κ1) is 38.4. The summed E-state index contributed by atoms with van der Waals surface area (Å²) >= 11 is 0. The van der Waals surface area contributed by atoms with Gasteiger partial charge in [-0.3, -0.25) is 29.2 Å². The topological polar surface area (TPSA) is 184 Å². The Morgan fingerprint density at radius 3 is 1.12 bits per heavy atom. The van der Waals surface area contributed by atoms with Gasteiger partial charge in [0.1, 0.15) is 17.2 Å². The Balaban J connectivity index is 1.18. The van der Waals surface area contributed by atoms with Crippen LogP contribution >= 0.6 is 0 Å². The van der Waals surface area contributed by atoms with E-state index in [0.717, 1.165) is 9.80 Å². The molecule has 6 amide bonds. The van der Waals surface area contributed by atoms with E-state index in [1.54, 1.807) is 0 Å². The molecule has 0 aliphatic carbocycles. The SMILES string of the molecule is CN1C(C)(C)CC2(CC1(C)C)NC(=O)N(CC(O)COCC(O)COCC(O)CN1C(=O)NC3(CC(C)(C)N(C)C(C)(C)C3)C1=O)C2=O. The molecule has 4 rings (SSSR count). The maximum Gasteiger partial charge on any atom is 0.325 e. The lowest BCUT2D eigenvalue weighted by molar-refractivity contribution is -0.141. The molecule has 4 aliphatic rings. The smallest absolute Gasteiger partial charge is 0.325 e. The van der Waals surface area contributed by atoms with E-state index in [1.165, 1.54) is 0 Å². The van der Waals surface area contributed by atoms with Crippen LogP contribution in [-0.4, -0.2) is 164 Å². The average molecular weight is 683 g/mol. The molecule has 48 heavy (non-hydrogen) atoms. The van der Waals surface area contributed by atoms with Gasteiger partial charge in [0.05, 0.1) is 51.7 Å². The standard InChI is InChI=1S/C33H58N6O9/c1-28(2)17-32(18-29(3,4)36(28)9)24(43)38(26(45)34-32)11-21(40)13-47-15-23(42)16-48-14-22(41)12-39-25(44)33(35-27(39)46)19-30(5,6)37(10)31(7,8)20-33/h21-23,40-42H,11-20H2,1-10H3,(H,34,45)(H,35,46). The number of rotatable bonds is 12. The number of imide groups is 2. The lowest BCUT2D eigenvalue weighted by atomic mass is 9.69. The summed E-state index contributed by atoms with van der Waals surface area (Å²) < 4.78 is 10.9. The number of aliphatic hydroxyl groups is 3. The second-order valence-corrected chi connectivity index (χ2v) is 17.0. The Bertz CT molecular complexity index is 1140. The van der Waals surface area contributed by atoms with Gasteiger partial charge in [-0.1, -0.05) is 0 Å². The maximum absolute atomic E-state index is 13.5. The van der Waals surface area contributed by atoms with Crippen LogP contribution in [0.25, 0.3) is 0 Å². The summed E-state index contributed by atoms with van der Waals surface area (Å²) in [6, 6.07) is -1.10. The molecule has 0 aromatic rings. The van der Waals surface area contributed by atoms with Crippen molar-refractivity contribution in [2.75, 3.05) is 53.6 Å². The predicted molar refractivity (Wildman–Crippen MR) is 176 cm³/mol. The van der Waals surface area contributed by atoms with Gasteiger partial charge < -0.3 is 35.4 Å². The molecule has 4 aliphatic heterocycles. The van der Waals surface area contributed by atoms with E-state index in [-0.39, 0.29) is 73.5 Å². The zero-order valence-corrected chi connectivity index (χ0v) is 30.4. The normalized spacial score (nSPS) is 27.8. The van der Waals surface area contributed by atoms with Crippen LogP contribution in [0.15, 0.2) is 0 Å². The molecule has 2 atom stereocenters. The van der Waals surface area contributed by atoms with Crippen molar-refractivity contribution in [3.05, 3.63) is 0 Å². The van der Waals surface area contributed by atoms with Crippen LogP contribution < -0.4 is 10.6 Å². The lowest BCUT2D eigenvalue weighted by Gasteiger charge is -2.56. The van der Waals surface area contributed by atoms with E-state index >= 15 is 0 Å². The number of amides is 6. The van der Waals surface area contributed by atoms with Crippen molar-refractivity contribution in [3.63, 3.8) is 0 Å². The monoisotopic (exact) mass is 682 g/mol. The van der Waals surface area contributed by atoms with Gasteiger partial charge in [-0.25, -0.2) is 9.59 Å². The Morgan fingerprint density at radius 2 is 0.833 bits per heavy atom. The first-order chi connectivity index (χ1) is 21.9. The van der Waals surface area contributed by atoms with Crippen LogP contribution in [0, 0.1) is 0 Å².